The molecule has 84 valence electrons. The van der Waals surface area contributed by atoms with Gasteiger partial charge in [-0.05, 0) is 43.1 Å². The summed E-state index contributed by atoms with van der Waals surface area (Å²) in [7, 11) is 0. The zero-order chi connectivity index (χ0) is 11.1. The van der Waals surface area contributed by atoms with Crippen LogP contribution in [0.2, 0.25) is 5.02 Å². The number of imidazole rings is 1. The van der Waals surface area contributed by atoms with E-state index in [2.05, 4.69) is 9.55 Å². The van der Waals surface area contributed by atoms with Crippen LogP contribution in [0.4, 0.5) is 0 Å². The topological polar surface area (TPSA) is 20.7 Å². The van der Waals surface area contributed by atoms with Gasteiger partial charge in [-0.25, -0.2) is 0 Å². The molecule has 1 aliphatic carbocycles. The summed E-state index contributed by atoms with van der Waals surface area (Å²) in [5, 5.41) is 0.782. The number of para-hydroxylation sites is 1. The fraction of sp³-hybridized carbons (Fsp3) is 0.417. The van der Waals surface area contributed by atoms with Gasteiger partial charge < -0.3 is 9.55 Å². The van der Waals surface area contributed by atoms with Gasteiger partial charge in [0.25, 0.3) is 0 Å². The van der Waals surface area contributed by atoms with Crippen LogP contribution >= 0.6 is 23.8 Å². The first-order valence-electron chi connectivity index (χ1n) is 5.63. The summed E-state index contributed by atoms with van der Waals surface area (Å²) in [6, 6.07) is 5.89. The van der Waals surface area contributed by atoms with E-state index in [1.807, 2.05) is 18.2 Å². The minimum absolute atomic E-state index is 0.780. The molecule has 2 aromatic rings. The number of halogens is 1. The summed E-state index contributed by atoms with van der Waals surface area (Å²) in [5.74, 6) is 0.780. The molecule has 1 N–H and O–H groups in total. The number of aromatic amines is 1. The SMILES string of the molecule is S=c1[nH]c2cccc(Cl)c2n1CC1CCC1. The number of rotatable bonds is 2. The third-order valence-electron chi connectivity index (χ3n) is 3.41. The van der Waals surface area contributed by atoms with Crippen LogP contribution in [0.3, 0.4) is 0 Å². The van der Waals surface area contributed by atoms with E-state index in [1.54, 1.807) is 0 Å². The van der Waals surface area contributed by atoms with Crippen molar-refractivity contribution in [2.45, 2.75) is 25.8 Å². The molecule has 16 heavy (non-hydrogen) atoms. The second kappa shape index (κ2) is 3.90. The monoisotopic (exact) mass is 252 g/mol. The third kappa shape index (κ3) is 1.59. The van der Waals surface area contributed by atoms with Crippen molar-refractivity contribution in [1.29, 1.82) is 0 Å². The average molecular weight is 253 g/mol. The Bertz CT molecular complexity index is 580. The molecule has 1 heterocycles. The Morgan fingerprint density at radius 1 is 1.44 bits per heavy atom. The van der Waals surface area contributed by atoms with Crippen molar-refractivity contribution in [3.05, 3.63) is 28.0 Å². The second-order valence-corrected chi connectivity index (χ2v) is 5.27. The highest BCUT2D eigenvalue weighted by Gasteiger charge is 2.19. The van der Waals surface area contributed by atoms with Crippen LogP contribution in [0.5, 0.6) is 0 Å². The molecule has 1 aliphatic rings. The van der Waals surface area contributed by atoms with Crippen LogP contribution in [0.15, 0.2) is 18.2 Å². The number of aromatic nitrogens is 2. The van der Waals surface area contributed by atoms with Gasteiger partial charge in [-0.15, -0.1) is 0 Å². The van der Waals surface area contributed by atoms with Crippen molar-refractivity contribution in [2.75, 3.05) is 0 Å². The van der Waals surface area contributed by atoms with Gasteiger partial charge in [0.15, 0.2) is 4.77 Å². The number of fused-ring (bicyclic) bond motifs is 1. The molecule has 0 radical (unpaired) electrons. The van der Waals surface area contributed by atoms with E-state index in [9.17, 15) is 0 Å². The molecule has 0 atom stereocenters. The first-order valence-corrected chi connectivity index (χ1v) is 6.41. The summed E-state index contributed by atoms with van der Waals surface area (Å²) in [6.07, 6.45) is 3.99. The van der Waals surface area contributed by atoms with Crippen LogP contribution in [-0.2, 0) is 6.54 Å². The maximum atomic E-state index is 6.23. The summed E-state index contributed by atoms with van der Waals surface area (Å²) in [4.78, 5) is 3.21. The fourth-order valence-electron chi connectivity index (χ4n) is 2.28. The molecule has 0 aliphatic heterocycles. The lowest BCUT2D eigenvalue weighted by atomic mass is 9.85. The molecule has 0 spiro atoms. The molecule has 4 heteroatoms. The van der Waals surface area contributed by atoms with Crippen LogP contribution in [-0.4, -0.2) is 9.55 Å². The predicted molar refractivity (Wildman–Crippen MR) is 69.5 cm³/mol. The first kappa shape index (κ1) is 10.4. The quantitative estimate of drug-likeness (QED) is 0.797. The van der Waals surface area contributed by atoms with E-state index in [-0.39, 0.29) is 0 Å². The Labute approximate surface area is 104 Å². The Morgan fingerprint density at radius 2 is 2.25 bits per heavy atom. The van der Waals surface area contributed by atoms with Gasteiger partial charge in [-0.2, -0.15) is 0 Å². The zero-order valence-corrected chi connectivity index (χ0v) is 10.4. The largest absolute Gasteiger partial charge is 0.331 e. The van der Waals surface area contributed by atoms with Crippen molar-refractivity contribution in [3.8, 4) is 0 Å². The Hall–Kier alpha value is -0.800. The molecule has 0 amide bonds. The molecular weight excluding hydrogens is 240 g/mol. The van der Waals surface area contributed by atoms with Gasteiger partial charge >= 0.3 is 0 Å². The van der Waals surface area contributed by atoms with E-state index in [1.165, 1.54) is 19.3 Å². The molecule has 1 aromatic heterocycles. The number of hydrogen-bond donors (Lipinski definition) is 1. The van der Waals surface area contributed by atoms with Gasteiger partial charge in [0.1, 0.15) is 0 Å². The van der Waals surface area contributed by atoms with Gasteiger partial charge in [-0.1, -0.05) is 24.1 Å². The summed E-state index contributed by atoms with van der Waals surface area (Å²) < 4.78 is 2.94. The predicted octanol–water partition coefficient (Wildman–Crippen LogP) is 4.15. The number of H-pyrrole nitrogens is 1. The van der Waals surface area contributed by atoms with Crippen molar-refractivity contribution in [1.82, 2.24) is 9.55 Å². The highest BCUT2D eigenvalue weighted by Crippen LogP contribution is 2.31. The van der Waals surface area contributed by atoms with Crippen LogP contribution < -0.4 is 0 Å². The van der Waals surface area contributed by atoms with Gasteiger partial charge in [0.05, 0.1) is 16.1 Å². The lowest BCUT2D eigenvalue weighted by molar-refractivity contribution is 0.278. The number of nitrogens with zero attached hydrogens (tertiary/aromatic N) is 1. The van der Waals surface area contributed by atoms with E-state index in [4.69, 9.17) is 23.8 Å². The summed E-state index contributed by atoms with van der Waals surface area (Å²) >= 11 is 11.6. The number of benzene rings is 1. The molecular formula is C12H13ClN2S. The van der Waals surface area contributed by atoms with E-state index < -0.39 is 0 Å². The molecule has 2 nitrogen and oxygen atoms in total. The standard InChI is InChI=1S/C12H13ClN2S/c13-9-5-2-6-10-11(9)15(12(16)14-10)7-8-3-1-4-8/h2,5-6,8H,1,3-4,7H2,(H,14,16). The van der Waals surface area contributed by atoms with Crippen LogP contribution in [0, 0.1) is 10.7 Å². The minimum atomic E-state index is 0.780. The van der Waals surface area contributed by atoms with Crippen LogP contribution in [0.25, 0.3) is 11.0 Å². The Balaban J connectivity index is 2.13. The highest BCUT2D eigenvalue weighted by molar-refractivity contribution is 7.71. The number of hydrogen-bond acceptors (Lipinski definition) is 1. The zero-order valence-electron chi connectivity index (χ0n) is 8.87. The molecule has 1 aromatic carbocycles. The van der Waals surface area contributed by atoms with Gasteiger partial charge in [0.2, 0.25) is 0 Å². The maximum Gasteiger partial charge on any atom is 0.178 e. The maximum absolute atomic E-state index is 6.23. The first-order chi connectivity index (χ1) is 7.75. The Morgan fingerprint density at radius 3 is 2.94 bits per heavy atom. The average Bonchev–Trinajstić information content (AvgIpc) is 2.50. The van der Waals surface area contributed by atoms with Gasteiger partial charge in [0, 0.05) is 6.54 Å². The van der Waals surface area contributed by atoms with Crippen molar-refractivity contribution < 1.29 is 0 Å². The van der Waals surface area contributed by atoms with Crippen molar-refractivity contribution >= 4 is 34.9 Å². The smallest absolute Gasteiger partial charge is 0.178 e. The highest BCUT2D eigenvalue weighted by atomic mass is 35.5. The van der Waals surface area contributed by atoms with E-state index in [0.717, 1.165) is 33.3 Å². The normalized spacial score (nSPS) is 16.6. The molecule has 1 saturated carbocycles. The van der Waals surface area contributed by atoms with Crippen molar-refractivity contribution in [2.24, 2.45) is 5.92 Å². The van der Waals surface area contributed by atoms with Gasteiger partial charge in [-0.3, -0.25) is 0 Å². The molecule has 0 bridgehead atoms. The minimum Gasteiger partial charge on any atom is -0.331 e. The number of nitrogens with one attached hydrogen (secondary N) is 1. The van der Waals surface area contributed by atoms with E-state index in [0.29, 0.717) is 0 Å². The fourth-order valence-corrected chi connectivity index (χ4v) is 2.83. The van der Waals surface area contributed by atoms with Crippen LogP contribution in [0.1, 0.15) is 19.3 Å². The molecule has 3 rings (SSSR count). The Kier molecular flexibility index (Phi) is 2.52. The summed E-state index contributed by atoms with van der Waals surface area (Å²) in [6.45, 7) is 1.00. The summed E-state index contributed by atoms with van der Waals surface area (Å²) in [5.41, 5.74) is 2.10. The lowest BCUT2D eigenvalue weighted by Gasteiger charge is -2.25. The molecule has 0 unspecified atom stereocenters. The lowest BCUT2D eigenvalue weighted by Crippen LogP contribution is -2.18. The van der Waals surface area contributed by atoms with Crippen molar-refractivity contribution in [3.63, 3.8) is 0 Å². The van der Waals surface area contributed by atoms with E-state index >= 15 is 0 Å². The molecule has 1 fully saturated rings. The molecule has 0 saturated heterocycles. The second-order valence-electron chi connectivity index (χ2n) is 4.47. The third-order valence-corrected chi connectivity index (χ3v) is 4.04.